The van der Waals surface area contributed by atoms with Crippen LogP contribution in [0, 0.1) is 0 Å². The Kier molecular flexibility index (Phi) is 4.98. The molecule has 3 nitrogen and oxygen atoms in total. The molecular weight excluding hydrogens is 348 g/mol. The van der Waals surface area contributed by atoms with E-state index in [1.54, 1.807) is 0 Å². The molecule has 0 amide bonds. The van der Waals surface area contributed by atoms with Crippen molar-refractivity contribution in [2.24, 2.45) is 0 Å². The number of hydrogen-bond acceptors (Lipinski definition) is 3. The highest BCUT2D eigenvalue weighted by Crippen LogP contribution is 2.49. The number of benzene rings is 3. The zero-order valence-corrected chi connectivity index (χ0v) is 15.8. The molecule has 3 aromatic rings. The monoisotopic (exact) mass is 370 g/mol. The Morgan fingerprint density at radius 1 is 0.857 bits per heavy atom. The third kappa shape index (κ3) is 3.20. The molecule has 1 aliphatic rings. The summed E-state index contributed by atoms with van der Waals surface area (Å²) in [6, 6.07) is 29.9. The average molecular weight is 370 g/mol. The van der Waals surface area contributed by atoms with Crippen molar-refractivity contribution in [1.82, 2.24) is 0 Å². The summed E-state index contributed by atoms with van der Waals surface area (Å²) in [6.45, 7) is 2.15. The molecule has 0 aromatic heterocycles. The van der Waals surface area contributed by atoms with E-state index in [-0.39, 0.29) is 5.97 Å². The number of rotatable bonds is 5. The minimum atomic E-state index is -0.768. The van der Waals surface area contributed by atoms with Gasteiger partial charge >= 0.3 is 5.97 Å². The van der Waals surface area contributed by atoms with Crippen molar-refractivity contribution in [3.05, 3.63) is 113 Å². The van der Waals surface area contributed by atoms with E-state index in [2.05, 4.69) is 0 Å². The van der Waals surface area contributed by atoms with Crippen LogP contribution in [0.4, 0.5) is 0 Å². The van der Waals surface area contributed by atoms with Crippen LogP contribution in [-0.4, -0.2) is 12.6 Å². The number of ether oxygens (including phenoxy) is 2. The van der Waals surface area contributed by atoms with E-state index in [0.29, 0.717) is 24.4 Å². The van der Waals surface area contributed by atoms with E-state index in [0.717, 1.165) is 16.7 Å². The molecule has 3 heteroatoms. The average Bonchev–Trinajstić information content (AvgIpc) is 3.18. The third-order valence-corrected chi connectivity index (χ3v) is 5.01. The summed E-state index contributed by atoms with van der Waals surface area (Å²) in [5.74, 6) is 0.266. The lowest BCUT2D eigenvalue weighted by atomic mass is 9.82. The molecule has 0 fully saturated rings. The fourth-order valence-electron chi connectivity index (χ4n) is 3.71. The fraction of sp³-hybridized carbons (Fsp3) is 0.160. The highest BCUT2D eigenvalue weighted by Gasteiger charge is 2.46. The molecule has 0 unspecified atom stereocenters. The van der Waals surface area contributed by atoms with Crippen LogP contribution in [0.25, 0.3) is 5.76 Å². The normalized spacial score (nSPS) is 15.2. The van der Waals surface area contributed by atoms with Crippen LogP contribution in [0.5, 0.6) is 0 Å². The Morgan fingerprint density at radius 3 is 1.86 bits per heavy atom. The number of hydrogen-bond donors (Lipinski definition) is 0. The van der Waals surface area contributed by atoms with Crippen LogP contribution >= 0.6 is 0 Å². The van der Waals surface area contributed by atoms with Gasteiger partial charge in [-0.1, -0.05) is 91.0 Å². The predicted molar refractivity (Wildman–Crippen MR) is 109 cm³/mol. The van der Waals surface area contributed by atoms with Gasteiger partial charge in [0.05, 0.1) is 12.2 Å². The van der Waals surface area contributed by atoms with E-state index in [1.165, 1.54) is 0 Å². The van der Waals surface area contributed by atoms with Gasteiger partial charge in [-0.05, 0) is 6.92 Å². The quantitative estimate of drug-likeness (QED) is 0.570. The molecule has 3 aromatic carbocycles. The zero-order valence-electron chi connectivity index (χ0n) is 15.8. The van der Waals surface area contributed by atoms with Gasteiger partial charge < -0.3 is 9.47 Å². The first-order valence-corrected chi connectivity index (χ1v) is 9.50. The summed E-state index contributed by atoms with van der Waals surface area (Å²) in [4.78, 5) is 12.8. The Labute approximate surface area is 165 Å². The summed E-state index contributed by atoms with van der Waals surface area (Å²) in [5.41, 5.74) is 2.69. The van der Waals surface area contributed by atoms with Crippen molar-refractivity contribution in [2.75, 3.05) is 6.61 Å². The van der Waals surface area contributed by atoms with Crippen LogP contribution in [0.1, 0.15) is 30.0 Å². The molecule has 0 radical (unpaired) electrons. The molecule has 0 saturated carbocycles. The van der Waals surface area contributed by atoms with Crippen molar-refractivity contribution < 1.29 is 14.3 Å². The summed E-state index contributed by atoms with van der Waals surface area (Å²) in [5, 5.41) is 0. The molecular formula is C25H22O3. The second-order valence-corrected chi connectivity index (χ2v) is 6.73. The Bertz CT molecular complexity index is 937. The molecule has 0 atom stereocenters. The van der Waals surface area contributed by atoms with Crippen LogP contribution in [0.2, 0.25) is 0 Å². The fourth-order valence-corrected chi connectivity index (χ4v) is 3.71. The standard InChI is InChI=1S/C25H22O3/c1-2-27-24(26)22-18-25(20-14-8-4-9-15-20,21-16-10-5-11-17-21)28-23(22)19-12-6-3-7-13-19/h3-17H,2,18H2,1H3. The number of carbonyl (C=O) groups excluding carboxylic acids is 1. The number of esters is 1. The molecule has 1 heterocycles. The van der Waals surface area contributed by atoms with Crippen LogP contribution in [0.3, 0.4) is 0 Å². The summed E-state index contributed by atoms with van der Waals surface area (Å²) >= 11 is 0. The van der Waals surface area contributed by atoms with Gasteiger partial charge in [0.25, 0.3) is 0 Å². The Morgan fingerprint density at radius 2 is 1.36 bits per heavy atom. The van der Waals surface area contributed by atoms with E-state index < -0.39 is 5.60 Å². The molecule has 0 aliphatic carbocycles. The first-order chi connectivity index (χ1) is 13.7. The summed E-state index contributed by atoms with van der Waals surface area (Å²) in [6.07, 6.45) is 0.421. The van der Waals surface area contributed by atoms with Gasteiger partial charge in [0.2, 0.25) is 0 Å². The Balaban J connectivity index is 1.88. The van der Waals surface area contributed by atoms with E-state index in [9.17, 15) is 4.79 Å². The maximum atomic E-state index is 12.8. The Hall–Kier alpha value is -3.33. The highest BCUT2D eigenvalue weighted by molar-refractivity contribution is 5.98. The van der Waals surface area contributed by atoms with Gasteiger partial charge in [-0.25, -0.2) is 4.79 Å². The molecule has 1 aliphatic heterocycles. The maximum absolute atomic E-state index is 12.8. The van der Waals surface area contributed by atoms with Crippen LogP contribution < -0.4 is 0 Å². The van der Waals surface area contributed by atoms with Gasteiger partial charge in [-0.2, -0.15) is 0 Å². The van der Waals surface area contributed by atoms with Crippen molar-refractivity contribution in [1.29, 1.82) is 0 Å². The lowest BCUT2D eigenvalue weighted by molar-refractivity contribution is -0.138. The molecule has 0 saturated heterocycles. The van der Waals surface area contributed by atoms with Crippen molar-refractivity contribution >= 4 is 11.7 Å². The topological polar surface area (TPSA) is 35.5 Å². The predicted octanol–water partition coefficient (Wildman–Crippen LogP) is 5.32. The summed E-state index contributed by atoms with van der Waals surface area (Å²) in [7, 11) is 0. The smallest absolute Gasteiger partial charge is 0.337 e. The molecule has 4 rings (SSSR count). The minimum Gasteiger partial charge on any atom is -0.476 e. The van der Waals surface area contributed by atoms with Gasteiger partial charge in [0.15, 0.2) is 5.60 Å². The number of carbonyl (C=O) groups is 1. The lowest BCUT2D eigenvalue weighted by Crippen LogP contribution is -2.28. The van der Waals surface area contributed by atoms with Crippen molar-refractivity contribution in [3.8, 4) is 0 Å². The highest BCUT2D eigenvalue weighted by atomic mass is 16.5. The zero-order chi connectivity index (χ0) is 19.4. The molecule has 0 spiro atoms. The van der Waals surface area contributed by atoms with Crippen molar-refractivity contribution in [2.45, 2.75) is 18.9 Å². The third-order valence-electron chi connectivity index (χ3n) is 5.01. The van der Waals surface area contributed by atoms with Gasteiger partial charge in [-0.3, -0.25) is 0 Å². The molecule has 140 valence electrons. The van der Waals surface area contributed by atoms with E-state index in [1.807, 2.05) is 97.9 Å². The minimum absolute atomic E-state index is 0.324. The second-order valence-electron chi connectivity index (χ2n) is 6.73. The maximum Gasteiger partial charge on any atom is 0.337 e. The van der Waals surface area contributed by atoms with Gasteiger partial charge in [-0.15, -0.1) is 0 Å². The largest absolute Gasteiger partial charge is 0.476 e. The van der Waals surface area contributed by atoms with Gasteiger partial charge in [0.1, 0.15) is 5.76 Å². The first kappa shape index (κ1) is 18.1. The first-order valence-electron chi connectivity index (χ1n) is 9.50. The molecule has 28 heavy (non-hydrogen) atoms. The van der Waals surface area contributed by atoms with E-state index in [4.69, 9.17) is 9.47 Å². The second kappa shape index (κ2) is 7.73. The molecule has 0 N–H and O–H groups in total. The van der Waals surface area contributed by atoms with Crippen LogP contribution in [-0.2, 0) is 19.9 Å². The van der Waals surface area contributed by atoms with Crippen LogP contribution in [0.15, 0.2) is 96.6 Å². The lowest BCUT2D eigenvalue weighted by Gasteiger charge is -2.31. The van der Waals surface area contributed by atoms with Crippen molar-refractivity contribution in [3.63, 3.8) is 0 Å². The van der Waals surface area contributed by atoms with Gasteiger partial charge in [0, 0.05) is 23.1 Å². The molecule has 0 bridgehead atoms. The summed E-state index contributed by atoms with van der Waals surface area (Å²) < 4.78 is 12.0. The SMILES string of the molecule is CCOC(=O)C1=C(c2ccccc2)OC(c2ccccc2)(c2ccccc2)C1. The van der Waals surface area contributed by atoms with E-state index >= 15 is 0 Å².